The second-order valence-corrected chi connectivity index (χ2v) is 9.18. The van der Waals surface area contributed by atoms with Crippen LogP contribution in [0.1, 0.15) is 48.5 Å². The Morgan fingerprint density at radius 3 is 2.82 bits per heavy atom. The molecule has 2 aliphatic heterocycles. The highest BCUT2D eigenvalue weighted by molar-refractivity contribution is 6.31. The number of amides is 2. The van der Waals surface area contributed by atoms with Gasteiger partial charge in [-0.05, 0) is 68.1 Å². The van der Waals surface area contributed by atoms with E-state index < -0.39 is 0 Å². The molecule has 174 valence electrons. The molecule has 0 aliphatic carbocycles. The Balaban J connectivity index is 1.37. The van der Waals surface area contributed by atoms with Crippen LogP contribution in [0, 0.1) is 0 Å². The van der Waals surface area contributed by atoms with Crippen molar-refractivity contribution in [3.63, 3.8) is 0 Å². The number of rotatable bonds is 4. The van der Waals surface area contributed by atoms with Gasteiger partial charge in [-0.15, -0.1) is 0 Å². The van der Waals surface area contributed by atoms with Gasteiger partial charge >= 0.3 is 0 Å². The van der Waals surface area contributed by atoms with Crippen molar-refractivity contribution in [2.24, 2.45) is 0 Å². The Bertz CT molecular complexity index is 1240. The van der Waals surface area contributed by atoms with Crippen molar-refractivity contribution in [2.45, 2.75) is 45.1 Å². The summed E-state index contributed by atoms with van der Waals surface area (Å²) in [5.41, 5.74) is 4.32. The first-order chi connectivity index (χ1) is 16.5. The highest BCUT2D eigenvalue weighted by atomic mass is 35.5. The van der Waals surface area contributed by atoms with Crippen molar-refractivity contribution in [1.82, 2.24) is 14.9 Å². The van der Waals surface area contributed by atoms with Crippen LogP contribution in [0.25, 0.3) is 11.3 Å². The largest absolute Gasteiger partial charge is 0.336 e. The summed E-state index contributed by atoms with van der Waals surface area (Å²) in [7, 11) is 0. The summed E-state index contributed by atoms with van der Waals surface area (Å²) in [5, 5.41) is 6.64. The Labute approximate surface area is 203 Å². The molecular weight excluding hydrogens is 450 g/mol. The van der Waals surface area contributed by atoms with Crippen molar-refractivity contribution in [1.29, 1.82) is 0 Å². The third-order valence-electron chi connectivity index (χ3n) is 6.47. The molecule has 7 nitrogen and oxygen atoms in total. The summed E-state index contributed by atoms with van der Waals surface area (Å²) < 4.78 is 0. The van der Waals surface area contributed by atoms with Gasteiger partial charge in [0.15, 0.2) is 0 Å². The lowest BCUT2D eigenvalue weighted by molar-refractivity contribution is -0.115. The molecule has 0 saturated carbocycles. The second kappa shape index (κ2) is 9.43. The number of hydrogen-bond donors (Lipinski definition) is 2. The molecule has 3 aromatic rings. The predicted molar refractivity (Wildman–Crippen MR) is 134 cm³/mol. The number of carbonyl (C=O) groups is 2. The first kappa shape index (κ1) is 22.3. The Kier molecular flexibility index (Phi) is 6.20. The molecule has 0 radical (unpaired) electrons. The van der Waals surface area contributed by atoms with E-state index >= 15 is 0 Å². The second-order valence-electron chi connectivity index (χ2n) is 8.74. The number of piperidine rings is 1. The fraction of sp³-hybridized carbons (Fsp3) is 0.308. The van der Waals surface area contributed by atoms with Crippen LogP contribution in [0.15, 0.2) is 48.7 Å². The highest BCUT2D eigenvalue weighted by Crippen LogP contribution is 2.35. The summed E-state index contributed by atoms with van der Waals surface area (Å²) in [6, 6.07) is 13.1. The summed E-state index contributed by atoms with van der Waals surface area (Å²) in [4.78, 5) is 36.4. The van der Waals surface area contributed by atoms with E-state index in [-0.39, 0.29) is 18.2 Å². The third kappa shape index (κ3) is 4.48. The van der Waals surface area contributed by atoms with E-state index in [2.05, 4.69) is 22.5 Å². The van der Waals surface area contributed by atoms with Crippen LogP contribution in [0.3, 0.4) is 0 Å². The van der Waals surface area contributed by atoms with Crippen LogP contribution in [-0.2, 0) is 11.2 Å². The van der Waals surface area contributed by atoms with E-state index in [1.54, 1.807) is 18.3 Å². The summed E-state index contributed by atoms with van der Waals surface area (Å²) in [6.45, 7) is 2.97. The molecule has 34 heavy (non-hydrogen) atoms. The Hall–Kier alpha value is -3.45. The molecule has 3 heterocycles. The maximum absolute atomic E-state index is 13.0. The average molecular weight is 476 g/mol. The first-order valence-electron chi connectivity index (χ1n) is 11.7. The Morgan fingerprint density at radius 2 is 2.03 bits per heavy atom. The first-order valence-corrected chi connectivity index (χ1v) is 12.0. The summed E-state index contributed by atoms with van der Waals surface area (Å²) in [6.07, 6.45) is 6.17. The van der Waals surface area contributed by atoms with Crippen molar-refractivity contribution >= 4 is 40.7 Å². The molecule has 1 atom stereocenters. The van der Waals surface area contributed by atoms with Crippen LogP contribution in [-0.4, -0.2) is 39.3 Å². The lowest BCUT2D eigenvalue weighted by atomic mass is 9.99. The van der Waals surface area contributed by atoms with Crippen molar-refractivity contribution in [2.75, 3.05) is 17.2 Å². The average Bonchev–Trinajstić information content (AvgIpc) is 2.98. The van der Waals surface area contributed by atoms with Gasteiger partial charge in [0.05, 0.1) is 17.8 Å². The number of hydrogen-bond acceptors (Lipinski definition) is 5. The number of likely N-dealkylation sites (tertiary alicyclic amines) is 1. The number of carbonyl (C=O) groups excluding carboxylic acids is 2. The third-order valence-corrected chi connectivity index (χ3v) is 6.71. The molecule has 1 aromatic heterocycles. The molecule has 1 saturated heterocycles. The zero-order valence-corrected chi connectivity index (χ0v) is 19.7. The molecule has 8 heteroatoms. The van der Waals surface area contributed by atoms with Crippen LogP contribution in [0.2, 0.25) is 5.02 Å². The van der Waals surface area contributed by atoms with Gasteiger partial charge in [0.1, 0.15) is 0 Å². The molecule has 2 aliphatic rings. The summed E-state index contributed by atoms with van der Waals surface area (Å²) in [5.74, 6) is 0.368. The van der Waals surface area contributed by atoms with Gasteiger partial charge in [-0.3, -0.25) is 9.59 Å². The van der Waals surface area contributed by atoms with Gasteiger partial charge in [-0.2, -0.15) is 0 Å². The molecular formula is C26H26ClN5O2. The number of halogens is 1. The molecule has 0 spiro atoms. The van der Waals surface area contributed by atoms with E-state index in [9.17, 15) is 9.59 Å². The molecule has 5 rings (SSSR count). The van der Waals surface area contributed by atoms with E-state index in [0.29, 0.717) is 34.0 Å². The van der Waals surface area contributed by atoms with Gasteiger partial charge in [0, 0.05) is 46.2 Å². The summed E-state index contributed by atoms with van der Waals surface area (Å²) >= 11 is 6.12. The zero-order valence-electron chi connectivity index (χ0n) is 19.0. The molecule has 0 bridgehead atoms. The van der Waals surface area contributed by atoms with E-state index in [1.165, 1.54) is 6.42 Å². The fourth-order valence-electron chi connectivity index (χ4n) is 4.71. The Morgan fingerprint density at radius 1 is 1.21 bits per heavy atom. The standard InChI is InChI=1S/C26H26ClN5O2/c1-2-20-5-3-4-12-32(20)25(34)16-6-9-19(10-7-16)29-26-28-15-17-13-23(33)30-22-14-18(27)8-11-21(22)24(17)31-26/h6-11,14-15,20H,2-5,12-13H2,1H3,(H,30,33)(H,28,29,31). The zero-order chi connectivity index (χ0) is 23.7. The quantitative estimate of drug-likeness (QED) is 0.524. The monoisotopic (exact) mass is 475 g/mol. The minimum Gasteiger partial charge on any atom is -0.336 e. The molecule has 2 N–H and O–H groups in total. The van der Waals surface area contributed by atoms with Crippen LogP contribution >= 0.6 is 11.6 Å². The minimum atomic E-state index is -0.133. The minimum absolute atomic E-state index is 0.0896. The van der Waals surface area contributed by atoms with E-state index in [0.717, 1.165) is 42.6 Å². The fourth-order valence-corrected chi connectivity index (χ4v) is 4.88. The van der Waals surface area contributed by atoms with Crippen molar-refractivity contribution in [3.8, 4) is 11.3 Å². The van der Waals surface area contributed by atoms with E-state index in [4.69, 9.17) is 16.6 Å². The number of fused-ring (bicyclic) bond motifs is 3. The van der Waals surface area contributed by atoms with E-state index in [1.807, 2.05) is 35.2 Å². The van der Waals surface area contributed by atoms with Crippen molar-refractivity contribution < 1.29 is 9.59 Å². The van der Waals surface area contributed by atoms with Gasteiger partial charge in [0.2, 0.25) is 11.9 Å². The molecule has 1 unspecified atom stereocenters. The maximum atomic E-state index is 13.0. The van der Waals surface area contributed by atoms with Gasteiger partial charge in [-0.25, -0.2) is 9.97 Å². The number of nitrogens with zero attached hydrogens (tertiary/aromatic N) is 3. The maximum Gasteiger partial charge on any atom is 0.254 e. The number of anilines is 3. The van der Waals surface area contributed by atoms with Crippen LogP contribution in [0.4, 0.5) is 17.3 Å². The van der Waals surface area contributed by atoms with Crippen LogP contribution < -0.4 is 10.6 Å². The lowest BCUT2D eigenvalue weighted by Crippen LogP contribution is -2.43. The molecule has 1 fully saturated rings. The van der Waals surface area contributed by atoms with Crippen molar-refractivity contribution in [3.05, 3.63) is 64.8 Å². The smallest absolute Gasteiger partial charge is 0.254 e. The number of nitrogens with one attached hydrogen (secondary N) is 2. The number of aromatic nitrogens is 2. The number of benzene rings is 2. The van der Waals surface area contributed by atoms with Gasteiger partial charge in [-0.1, -0.05) is 18.5 Å². The van der Waals surface area contributed by atoms with Gasteiger partial charge in [0.25, 0.3) is 5.91 Å². The topological polar surface area (TPSA) is 87.2 Å². The molecule has 2 aromatic carbocycles. The normalized spacial score (nSPS) is 17.3. The van der Waals surface area contributed by atoms with Crippen LogP contribution in [0.5, 0.6) is 0 Å². The lowest BCUT2D eigenvalue weighted by Gasteiger charge is -2.35. The molecule has 2 amide bonds. The SMILES string of the molecule is CCC1CCCCN1C(=O)c1ccc(Nc2ncc3c(n2)-c2ccc(Cl)cc2NC(=O)C3)cc1. The predicted octanol–water partition coefficient (Wildman–Crippen LogP) is 5.44. The highest BCUT2D eigenvalue weighted by Gasteiger charge is 2.26. The van der Waals surface area contributed by atoms with Gasteiger partial charge < -0.3 is 15.5 Å².